The van der Waals surface area contributed by atoms with Crippen molar-refractivity contribution in [1.29, 1.82) is 0 Å². The number of hydrogen-bond acceptors (Lipinski definition) is 3. The summed E-state index contributed by atoms with van der Waals surface area (Å²) < 4.78 is 42.8. The number of carbonyl (C=O) groups excluding carboxylic acids is 1. The Morgan fingerprint density at radius 2 is 1.69 bits per heavy atom. The minimum Gasteiger partial charge on any atom is -0.497 e. The fourth-order valence-electron chi connectivity index (χ4n) is 2.49. The van der Waals surface area contributed by atoms with Gasteiger partial charge in [0.1, 0.15) is 5.75 Å². The summed E-state index contributed by atoms with van der Waals surface area (Å²) in [7, 11) is 1.58. The highest BCUT2D eigenvalue weighted by atomic mass is 19.4. The lowest BCUT2D eigenvalue weighted by atomic mass is 9.94. The highest BCUT2D eigenvalue weighted by Gasteiger charge is 2.30. The van der Waals surface area contributed by atoms with Crippen molar-refractivity contribution in [2.45, 2.75) is 25.6 Å². The predicted octanol–water partition coefficient (Wildman–Crippen LogP) is 3.86. The van der Waals surface area contributed by atoms with Crippen molar-refractivity contribution in [1.82, 2.24) is 0 Å². The maximum absolute atomic E-state index is 12.6. The molecule has 26 heavy (non-hydrogen) atoms. The topological polar surface area (TPSA) is 64.3 Å². The molecule has 2 aromatic carbocycles. The molecule has 2 aromatic rings. The number of nitrogens with two attached hydrogens (primary N) is 1. The van der Waals surface area contributed by atoms with Crippen LogP contribution in [0.5, 0.6) is 5.75 Å². The Morgan fingerprint density at radius 1 is 1.12 bits per heavy atom. The Bertz CT molecular complexity index is 728. The Labute approximate surface area is 150 Å². The number of anilines is 1. The molecule has 1 unspecified atom stereocenters. The van der Waals surface area contributed by atoms with Crippen LogP contribution in [0.25, 0.3) is 0 Å². The second kappa shape index (κ2) is 8.23. The second-order valence-electron chi connectivity index (χ2n) is 6.12. The molecular weight excluding hydrogens is 345 g/mol. The molecule has 0 spiro atoms. The van der Waals surface area contributed by atoms with Crippen LogP contribution in [0.4, 0.5) is 18.9 Å². The molecule has 0 aliphatic heterocycles. The van der Waals surface area contributed by atoms with E-state index in [9.17, 15) is 18.0 Å². The third-order valence-corrected chi connectivity index (χ3v) is 4.11. The number of nitrogens with one attached hydrogen (secondary N) is 1. The molecule has 2 atom stereocenters. The summed E-state index contributed by atoms with van der Waals surface area (Å²) in [5, 5.41) is 2.55. The lowest BCUT2D eigenvalue weighted by molar-refractivity contribution is -0.137. The first kappa shape index (κ1) is 19.8. The maximum Gasteiger partial charge on any atom is 0.416 e. The van der Waals surface area contributed by atoms with Gasteiger partial charge in [0.25, 0.3) is 0 Å². The van der Waals surface area contributed by atoms with E-state index >= 15 is 0 Å². The van der Waals surface area contributed by atoms with Crippen molar-refractivity contribution in [3.63, 3.8) is 0 Å². The maximum atomic E-state index is 12.6. The van der Waals surface area contributed by atoms with E-state index in [0.717, 1.165) is 23.4 Å². The smallest absolute Gasteiger partial charge is 0.416 e. The predicted molar refractivity (Wildman–Crippen MR) is 93.9 cm³/mol. The van der Waals surface area contributed by atoms with Gasteiger partial charge in [0.05, 0.1) is 18.7 Å². The largest absolute Gasteiger partial charge is 0.497 e. The summed E-state index contributed by atoms with van der Waals surface area (Å²) in [6.45, 7) is 1.85. The first-order valence-electron chi connectivity index (χ1n) is 8.07. The van der Waals surface area contributed by atoms with Crippen LogP contribution in [0, 0.1) is 5.92 Å². The molecule has 4 nitrogen and oxygen atoms in total. The molecule has 1 amide bonds. The van der Waals surface area contributed by atoms with Gasteiger partial charge in [-0.3, -0.25) is 4.79 Å². The van der Waals surface area contributed by atoms with E-state index in [0.29, 0.717) is 6.42 Å². The Morgan fingerprint density at radius 3 is 2.19 bits per heavy atom. The summed E-state index contributed by atoms with van der Waals surface area (Å²) >= 11 is 0. The lowest BCUT2D eigenvalue weighted by Gasteiger charge is -2.20. The van der Waals surface area contributed by atoms with E-state index in [4.69, 9.17) is 10.5 Å². The summed E-state index contributed by atoms with van der Waals surface area (Å²) in [6, 6.07) is 10.9. The molecule has 0 saturated heterocycles. The van der Waals surface area contributed by atoms with Gasteiger partial charge in [0.15, 0.2) is 0 Å². The van der Waals surface area contributed by atoms with E-state index in [1.807, 2.05) is 31.2 Å². The Hall–Kier alpha value is -2.54. The molecule has 0 heterocycles. The van der Waals surface area contributed by atoms with Crippen LogP contribution in [-0.4, -0.2) is 19.1 Å². The number of halogens is 3. The molecule has 0 aliphatic carbocycles. The molecule has 0 aromatic heterocycles. The van der Waals surface area contributed by atoms with Crippen molar-refractivity contribution in [2.24, 2.45) is 11.7 Å². The number of carbonyl (C=O) groups is 1. The normalized spacial score (nSPS) is 13.8. The standard InChI is InChI=1S/C19H21F3N2O2/c1-12(11-13-3-9-16(26-2)10-4-13)17(23)18(25)24-15-7-5-14(6-8-15)19(20,21)22/h3-10,12,17H,11,23H2,1-2H3,(H,24,25)/t12?,17-/m0/s1. The molecule has 0 aliphatic rings. The number of alkyl halides is 3. The van der Waals surface area contributed by atoms with Crippen LogP contribution in [0.1, 0.15) is 18.1 Å². The van der Waals surface area contributed by atoms with Crippen LogP contribution in [-0.2, 0) is 17.4 Å². The highest BCUT2D eigenvalue weighted by Crippen LogP contribution is 2.29. The minimum absolute atomic E-state index is 0.155. The third kappa shape index (κ3) is 5.23. The third-order valence-electron chi connectivity index (χ3n) is 4.11. The quantitative estimate of drug-likeness (QED) is 0.816. The van der Waals surface area contributed by atoms with Gasteiger partial charge in [-0.2, -0.15) is 13.2 Å². The monoisotopic (exact) mass is 366 g/mol. The first-order chi connectivity index (χ1) is 12.2. The highest BCUT2D eigenvalue weighted by molar-refractivity contribution is 5.94. The molecule has 140 valence electrons. The van der Waals surface area contributed by atoms with Crippen molar-refractivity contribution < 1.29 is 22.7 Å². The van der Waals surface area contributed by atoms with Crippen LogP contribution < -0.4 is 15.8 Å². The van der Waals surface area contributed by atoms with Gasteiger partial charge in [0, 0.05) is 5.69 Å². The van der Waals surface area contributed by atoms with E-state index < -0.39 is 23.7 Å². The van der Waals surface area contributed by atoms with E-state index in [1.165, 1.54) is 12.1 Å². The number of hydrogen-bond donors (Lipinski definition) is 2. The van der Waals surface area contributed by atoms with Crippen LogP contribution in [0.3, 0.4) is 0 Å². The van der Waals surface area contributed by atoms with E-state index in [2.05, 4.69) is 5.32 Å². The van der Waals surface area contributed by atoms with Crippen LogP contribution in [0.15, 0.2) is 48.5 Å². The molecular formula is C19H21F3N2O2. The fraction of sp³-hybridized carbons (Fsp3) is 0.316. The van der Waals surface area contributed by atoms with Crippen LogP contribution in [0.2, 0.25) is 0 Å². The van der Waals surface area contributed by atoms with Gasteiger partial charge >= 0.3 is 6.18 Å². The fourth-order valence-corrected chi connectivity index (χ4v) is 2.49. The molecule has 0 bridgehead atoms. The Kier molecular flexibility index (Phi) is 6.26. The summed E-state index contributed by atoms with van der Waals surface area (Å²) in [5.41, 5.74) is 6.51. The van der Waals surface area contributed by atoms with Crippen molar-refractivity contribution in [2.75, 3.05) is 12.4 Å². The molecule has 3 N–H and O–H groups in total. The second-order valence-corrected chi connectivity index (χ2v) is 6.12. The number of ether oxygens (including phenoxy) is 1. The van der Waals surface area contributed by atoms with Crippen molar-refractivity contribution in [3.8, 4) is 5.75 Å². The molecule has 2 rings (SSSR count). The molecule has 0 saturated carbocycles. The van der Waals surface area contributed by atoms with Gasteiger partial charge in [-0.15, -0.1) is 0 Å². The average Bonchev–Trinajstić information content (AvgIpc) is 2.61. The number of amides is 1. The van der Waals surface area contributed by atoms with Gasteiger partial charge in [-0.05, 0) is 54.3 Å². The summed E-state index contributed by atoms with van der Waals surface area (Å²) in [5.74, 6) is 0.148. The Balaban J connectivity index is 1.95. The SMILES string of the molecule is COc1ccc(CC(C)[C@H](N)C(=O)Nc2ccc(C(F)(F)F)cc2)cc1. The number of rotatable bonds is 6. The zero-order valence-electron chi connectivity index (χ0n) is 14.5. The molecule has 7 heteroatoms. The summed E-state index contributed by atoms with van der Waals surface area (Å²) in [4.78, 5) is 12.2. The van der Waals surface area contributed by atoms with E-state index in [1.54, 1.807) is 7.11 Å². The van der Waals surface area contributed by atoms with Gasteiger partial charge in [-0.1, -0.05) is 19.1 Å². The zero-order chi connectivity index (χ0) is 19.3. The molecule has 0 fully saturated rings. The van der Waals surface area contributed by atoms with Crippen LogP contribution >= 0.6 is 0 Å². The minimum atomic E-state index is -4.41. The van der Waals surface area contributed by atoms with Gasteiger partial charge < -0.3 is 15.8 Å². The van der Waals surface area contributed by atoms with E-state index in [-0.39, 0.29) is 11.6 Å². The lowest BCUT2D eigenvalue weighted by Crippen LogP contribution is -2.41. The van der Waals surface area contributed by atoms with Crippen molar-refractivity contribution >= 4 is 11.6 Å². The van der Waals surface area contributed by atoms with Gasteiger partial charge in [0.2, 0.25) is 5.91 Å². The average molecular weight is 366 g/mol. The van der Waals surface area contributed by atoms with Crippen molar-refractivity contribution in [3.05, 3.63) is 59.7 Å². The molecule has 0 radical (unpaired) electrons. The number of benzene rings is 2. The zero-order valence-corrected chi connectivity index (χ0v) is 14.5. The van der Waals surface area contributed by atoms with Gasteiger partial charge in [-0.25, -0.2) is 0 Å². The first-order valence-corrected chi connectivity index (χ1v) is 8.07. The summed E-state index contributed by atoms with van der Waals surface area (Å²) in [6.07, 6.45) is -3.82. The number of methoxy groups -OCH3 is 1.